The maximum absolute atomic E-state index is 12.9. The normalized spacial score (nSPS) is 10.8. The molecule has 1 amide bonds. The summed E-state index contributed by atoms with van der Waals surface area (Å²) in [6, 6.07) is 13.3. The molecule has 8 heteroatoms. The number of para-hydroxylation sites is 1. The molecule has 0 fully saturated rings. The van der Waals surface area contributed by atoms with Gasteiger partial charge in [-0.2, -0.15) is 0 Å². The number of likely N-dealkylation sites (N-methyl/N-ethyl adjacent to an activating group) is 1. The van der Waals surface area contributed by atoms with Gasteiger partial charge in [-0.05, 0) is 50.8 Å². The fourth-order valence-corrected chi connectivity index (χ4v) is 4.26. The molecule has 1 heterocycles. The number of anilines is 1. The lowest BCUT2D eigenvalue weighted by atomic mass is 10.2. The third-order valence-electron chi connectivity index (χ3n) is 4.27. The highest BCUT2D eigenvalue weighted by Crippen LogP contribution is 2.33. The standard InChI is InChI=1S/C21H24ClN3O2S.ClH/c1-15-13-16(22)14-18-20(15)23-21(28-18)25(11-10-24(2)3)19(26)9-12-27-17-7-5-4-6-8-17;/h4-8,13-14H,9-12H2,1-3H3;1H. The van der Waals surface area contributed by atoms with Crippen molar-refractivity contribution in [3.05, 3.63) is 53.1 Å². The second kappa shape index (κ2) is 10.8. The third-order valence-corrected chi connectivity index (χ3v) is 5.51. The Kier molecular flexibility index (Phi) is 8.71. The van der Waals surface area contributed by atoms with Crippen molar-refractivity contribution in [2.24, 2.45) is 0 Å². The van der Waals surface area contributed by atoms with Crippen molar-refractivity contribution in [1.82, 2.24) is 9.88 Å². The SMILES string of the molecule is Cc1cc(Cl)cc2sc(N(CCN(C)C)C(=O)CCOc3ccccc3)nc12.Cl. The van der Waals surface area contributed by atoms with E-state index < -0.39 is 0 Å². The average molecular weight is 454 g/mol. The van der Waals surface area contributed by atoms with Gasteiger partial charge in [0, 0.05) is 18.1 Å². The number of aryl methyl sites for hydroxylation is 1. The van der Waals surface area contributed by atoms with E-state index in [1.807, 2.05) is 63.5 Å². The lowest BCUT2D eigenvalue weighted by Crippen LogP contribution is -2.37. The number of hydrogen-bond acceptors (Lipinski definition) is 5. The number of halogens is 2. The van der Waals surface area contributed by atoms with Gasteiger partial charge in [-0.3, -0.25) is 9.69 Å². The number of aromatic nitrogens is 1. The molecule has 0 aliphatic carbocycles. The highest BCUT2D eigenvalue weighted by atomic mass is 35.5. The number of carbonyl (C=O) groups excluding carboxylic acids is 1. The van der Waals surface area contributed by atoms with Crippen molar-refractivity contribution < 1.29 is 9.53 Å². The van der Waals surface area contributed by atoms with E-state index in [2.05, 4.69) is 4.90 Å². The third kappa shape index (κ3) is 6.31. The largest absolute Gasteiger partial charge is 0.493 e. The van der Waals surface area contributed by atoms with Crippen LogP contribution < -0.4 is 9.64 Å². The first-order valence-corrected chi connectivity index (χ1v) is 10.3. The first kappa shape index (κ1) is 23.4. The molecule has 0 unspecified atom stereocenters. The summed E-state index contributed by atoms with van der Waals surface area (Å²) in [6.45, 7) is 3.64. The Bertz CT molecular complexity index is 948. The monoisotopic (exact) mass is 453 g/mol. The summed E-state index contributed by atoms with van der Waals surface area (Å²) in [4.78, 5) is 21.5. The second-order valence-corrected chi connectivity index (χ2v) is 8.27. The zero-order chi connectivity index (χ0) is 20.1. The number of carbonyl (C=O) groups is 1. The van der Waals surface area contributed by atoms with Crippen LogP contribution in [0.25, 0.3) is 10.2 Å². The summed E-state index contributed by atoms with van der Waals surface area (Å²) < 4.78 is 6.68. The van der Waals surface area contributed by atoms with E-state index in [1.165, 1.54) is 11.3 Å². The number of hydrogen-bond donors (Lipinski definition) is 0. The molecule has 156 valence electrons. The number of thiazole rings is 1. The van der Waals surface area contributed by atoms with Crippen LogP contribution in [-0.2, 0) is 4.79 Å². The summed E-state index contributed by atoms with van der Waals surface area (Å²) in [7, 11) is 3.98. The molecular formula is C21H25Cl2N3O2S. The van der Waals surface area contributed by atoms with Crippen LogP contribution in [0.15, 0.2) is 42.5 Å². The van der Waals surface area contributed by atoms with Crippen molar-refractivity contribution in [1.29, 1.82) is 0 Å². The van der Waals surface area contributed by atoms with Crippen LogP contribution in [0, 0.1) is 6.92 Å². The van der Waals surface area contributed by atoms with Gasteiger partial charge in [0.1, 0.15) is 5.75 Å². The Morgan fingerprint density at radius 2 is 1.90 bits per heavy atom. The molecule has 0 radical (unpaired) electrons. The van der Waals surface area contributed by atoms with Crippen LogP contribution in [0.1, 0.15) is 12.0 Å². The van der Waals surface area contributed by atoms with Crippen LogP contribution >= 0.6 is 35.3 Å². The topological polar surface area (TPSA) is 45.7 Å². The van der Waals surface area contributed by atoms with Gasteiger partial charge in [0.05, 0.1) is 23.2 Å². The minimum Gasteiger partial charge on any atom is -0.493 e. The molecule has 0 aliphatic rings. The van der Waals surface area contributed by atoms with E-state index in [0.717, 1.165) is 28.1 Å². The van der Waals surface area contributed by atoms with Gasteiger partial charge < -0.3 is 9.64 Å². The molecule has 0 saturated carbocycles. The predicted molar refractivity (Wildman–Crippen MR) is 124 cm³/mol. The fraction of sp³-hybridized carbons (Fsp3) is 0.333. The van der Waals surface area contributed by atoms with Gasteiger partial charge in [0.2, 0.25) is 5.91 Å². The molecule has 0 aliphatic heterocycles. The van der Waals surface area contributed by atoms with Crippen LogP contribution in [0.2, 0.25) is 5.02 Å². The molecule has 0 N–H and O–H groups in total. The summed E-state index contributed by atoms with van der Waals surface area (Å²) in [6.07, 6.45) is 0.290. The first-order chi connectivity index (χ1) is 13.4. The maximum atomic E-state index is 12.9. The molecular weight excluding hydrogens is 429 g/mol. The maximum Gasteiger partial charge on any atom is 0.232 e. The molecule has 1 aromatic heterocycles. The van der Waals surface area contributed by atoms with E-state index in [4.69, 9.17) is 21.3 Å². The Balaban J connectivity index is 0.00000300. The Hall–Kier alpha value is -1.86. The average Bonchev–Trinajstić information content (AvgIpc) is 3.06. The minimum atomic E-state index is 0. The van der Waals surface area contributed by atoms with Crippen molar-refractivity contribution in [3.8, 4) is 5.75 Å². The number of amides is 1. The van der Waals surface area contributed by atoms with E-state index in [-0.39, 0.29) is 24.7 Å². The molecule has 0 atom stereocenters. The van der Waals surface area contributed by atoms with E-state index >= 15 is 0 Å². The number of fused-ring (bicyclic) bond motifs is 1. The minimum absolute atomic E-state index is 0. The van der Waals surface area contributed by atoms with Crippen molar-refractivity contribution in [3.63, 3.8) is 0 Å². The Morgan fingerprint density at radius 1 is 1.17 bits per heavy atom. The van der Waals surface area contributed by atoms with Gasteiger partial charge in [0.15, 0.2) is 5.13 Å². The number of ether oxygens (including phenoxy) is 1. The lowest BCUT2D eigenvalue weighted by molar-refractivity contribution is -0.119. The molecule has 5 nitrogen and oxygen atoms in total. The van der Waals surface area contributed by atoms with Crippen LogP contribution in [0.4, 0.5) is 5.13 Å². The van der Waals surface area contributed by atoms with E-state index in [9.17, 15) is 4.79 Å². The fourth-order valence-electron chi connectivity index (χ4n) is 2.79. The number of nitrogens with zero attached hydrogens (tertiary/aromatic N) is 3. The van der Waals surface area contributed by atoms with Crippen LogP contribution in [-0.4, -0.2) is 49.6 Å². The molecule has 0 saturated heterocycles. The summed E-state index contributed by atoms with van der Waals surface area (Å²) in [5, 5.41) is 1.38. The summed E-state index contributed by atoms with van der Waals surface area (Å²) >= 11 is 7.67. The highest BCUT2D eigenvalue weighted by molar-refractivity contribution is 7.22. The van der Waals surface area contributed by atoms with Crippen molar-refractivity contribution >= 4 is 56.6 Å². The van der Waals surface area contributed by atoms with Crippen molar-refractivity contribution in [2.45, 2.75) is 13.3 Å². The molecule has 29 heavy (non-hydrogen) atoms. The Morgan fingerprint density at radius 3 is 2.59 bits per heavy atom. The van der Waals surface area contributed by atoms with Crippen LogP contribution in [0.5, 0.6) is 5.75 Å². The highest BCUT2D eigenvalue weighted by Gasteiger charge is 2.20. The Labute approximate surface area is 186 Å². The number of rotatable bonds is 8. The van der Waals surface area contributed by atoms with Gasteiger partial charge in [0.25, 0.3) is 0 Å². The summed E-state index contributed by atoms with van der Waals surface area (Å²) in [5.41, 5.74) is 1.91. The van der Waals surface area contributed by atoms with Gasteiger partial charge in [-0.25, -0.2) is 4.98 Å². The van der Waals surface area contributed by atoms with Gasteiger partial charge >= 0.3 is 0 Å². The molecule has 2 aromatic carbocycles. The van der Waals surface area contributed by atoms with E-state index in [1.54, 1.807) is 4.90 Å². The summed E-state index contributed by atoms with van der Waals surface area (Å²) in [5.74, 6) is 0.765. The van der Waals surface area contributed by atoms with Gasteiger partial charge in [-0.15, -0.1) is 12.4 Å². The second-order valence-electron chi connectivity index (χ2n) is 6.83. The molecule has 0 bridgehead atoms. The lowest BCUT2D eigenvalue weighted by Gasteiger charge is -2.22. The van der Waals surface area contributed by atoms with E-state index in [0.29, 0.717) is 23.3 Å². The molecule has 3 aromatic rings. The van der Waals surface area contributed by atoms with Crippen molar-refractivity contribution in [2.75, 3.05) is 38.7 Å². The predicted octanol–water partition coefficient (Wildman–Crippen LogP) is 5.04. The smallest absolute Gasteiger partial charge is 0.232 e. The quantitative estimate of drug-likeness (QED) is 0.478. The molecule has 0 spiro atoms. The zero-order valence-electron chi connectivity index (χ0n) is 16.7. The number of benzene rings is 2. The van der Waals surface area contributed by atoms with Crippen LogP contribution in [0.3, 0.4) is 0 Å². The zero-order valence-corrected chi connectivity index (χ0v) is 19.1. The molecule has 3 rings (SSSR count). The van der Waals surface area contributed by atoms with Gasteiger partial charge in [-0.1, -0.05) is 41.1 Å². The first-order valence-electron chi connectivity index (χ1n) is 9.13.